The summed E-state index contributed by atoms with van der Waals surface area (Å²) in [5.74, 6) is 0.668. The van der Waals surface area contributed by atoms with Gasteiger partial charge in [-0.15, -0.1) is 0 Å². The molecule has 3 rings (SSSR count). The first-order valence-corrected chi connectivity index (χ1v) is 7.31. The number of carbonyl (C=O) groups excluding carboxylic acids is 1. The second kappa shape index (κ2) is 5.33. The number of hydrogen-bond acceptors (Lipinski definition) is 3. The van der Waals surface area contributed by atoms with E-state index in [1.807, 2.05) is 17.8 Å². The van der Waals surface area contributed by atoms with Crippen molar-refractivity contribution in [1.82, 2.24) is 15.1 Å². The third-order valence-corrected chi connectivity index (χ3v) is 4.29. The Morgan fingerprint density at radius 1 is 1.47 bits per heavy atom. The fourth-order valence-electron chi connectivity index (χ4n) is 3.42. The molecule has 1 amide bonds. The lowest BCUT2D eigenvalue weighted by molar-refractivity contribution is -0.117. The number of aromatic nitrogens is 2. The number of rotatable bonds is 4. The quantitative estimate of drug-likeness (QED) is 0.869. The average molecular weight is 262 g/mol. The summed E-state index contributed by atoms with van der Waals surface area (Å²) in [6.45, 7) is 2.86. The van der Waals surface area contributed by atoms with Crippen LogP contribution in [0.2, 0.25) is 0 Å². The zero-order valence-electron chi connectivity index (χ0n) is 11.4. The molecular formula is C14H22N4O. The van der Waals surface area contributed by atoms with Crippen molar-refractivity contribution in [3.8, 4) is 0 Å². The van der Waals surface area contributed by atoms with E-state index in [-0.39, 0.29) is 5.91 Å². The van der Waals surface area contributed by atoms with E-state index in [0.29, 0.717) is 24.4 Å². The second-order valence-electron chi connectivity index (χ2n) is 5.81. The summed E-state index contributed by atoms with van der Waals surface area (Å²) < 4.78 is 1.82. The first-order chi connectivity index (χ1) is 9.22. The van der Waals surface area contributed by atoms with Gasteiger partial charge in [0.15, 0.2) is 0 Å². The smallest absolute Gasteiger partial charge is 0.224 e. The van der Waals surface area contributed by atoms with Crippen molar-refractivity contribution in [2.45, 2.75) is 57.7 Å². The van der Waals surface area contributed by atoms with Gasteiger partial charge in [-0.25, -0.2) is 0 Å². The number of nitrogens with zero attached hydrogens (tertiary/aromatic N) is 2. The minimum atomic E-state index is 0.127. The predicted octanol–water partition coefficient (Wildman–Crippen LogP) is 1.76. The first-order valence-electron chi connectivity index (χ1n) is 7.31. The summed E-state index contributed by atoms with van der Waals surface area (Å²) in [4.78, 5) is 12.0. The van der Waals surface area contributed by atoms with Crippen LogP contribution in [-0.2, 0) is 11.3 Å². The van der Waals surface area contributed by atoms with Gasteiger partial charge >= 0.3 is 0 Å². The minimum absolute atomic E-state index is 0.127. The Bertz CT molecular complexity index is 444. The highest BCUT2D eigenvalue weighted by Gasteiger charge is 2.34. The van der Waals surface area contributed by atoms with E-state index in [9.17, 15) is 4.79 Å². The van der Waals surface area contributed by atoms with Gasteiger partial charge in [0, 0.05) is 31.2 Å². The van der Waals surface area contributed by atoms with Crippen LogP contribution in [0.15, 0.2) is 12.4 Å². The Morgan fingerprint density at radius 3 is 2.84 bits per heavy atom. The maximum atomic E-state index is 12.0. The van der Waals surface area contributed by atoms with E-state index in [2.05, 4.69) is 15.7 Å². The predicted molar refractivity (Wildman–Crippen MR) is 73.8 cm³/mol. The molecule has 2 unspecified atom stereocenters. The van der Waals surface area contributed by atoms with Crippen molar-refractivity contribution in [1.29, 1.82) is 0 Å². The number of hydrogen-bond donors (Lipinski definition) is 2. The Balaban J connectivity index is 1.51. The lowest BCUT2D eigenvalue weighted by atomic mass is 9.89. The molecule has 104 valence electrons. The highest BCUT2D eigenvalue weighted by atomic mass is 16.1. The topological polar surface area (TPSA) is 59.0 Å². The van der Waals surface area contributed by atoms with Crippen LogP contribution in [0.4, 0.5) is 5.69 Å². The largest absolute Gasteiger partial charge is 0.323 e. The zero-order chi connectivity index (χ0) is 13.2. The molecular weight excluding hydrogens is 240 g/mol. The van der Waals surface area contributed by atoms with Gasteiger partial charge in [0.2, 0.25) is 5.91 Å². The van der Waals surface area contributed by atoms with Crippen molar-refractivity contribution >= 4 is 11.6 Å². The van der Waals surface area contributed by atoms with E-state index in [1.165, 1.54) is 12.8 Å². The number of piperidine rings is 1. The molecule has 0 saturated carbocycles. The van der Waals surface area contributed by atoms with Crippen LogP contribution in [0.1, 0.15) is 39.0 Å². The van der Waals surface area contributed by atoms with Crippen LogP contribution in [0.25, 0.3) is 0 Å². The lowest BCUT2D eigenvalue weighted by Gasteiger charge is -2.28. The molecule has 0 aliphatic carbocycles. The van der Waals surface area contributed by atoms with Gasteiger partial charge in [-0.1, -0.05) is 0 Å². The van der Waals surface area contributed by atoms with Crippen LogP contribution in [0, 0.1) is 5.92 Å². The number of amides is 1. The van der Waals surface area contributed by atoms with E-state index in [1.54, 1.807) is 6.20 Å². The van der Waals surface area contributed by atoms with Gasteiger partial charge in [0.25, 0.3) is 0 Å². The van der Waals surface area contributed by atoms with E-state index >= 15 is 0 Å². The van der Waals surface area contributed by atoms with Gasteiger partial charge < -0.3 is 10.6 Å². The van der Waals surface area contributed by atoms with Gasteiger partial charge in [-0.3, -0.25) is 9.48 Å². The summed E-state index contributed by atoms with van der Waals surface area (Å²) in [5, 5.41) is 10.7. The van der Waals surface area contributed by atoms with E-state index in [4.69, 9.17) is 0 Å². The highest BCUT2D eigenvalue weighted by molar-refractivity contribution is 5.90. The number of anilines is 1. The molecule has 1 aromatic rings. The monoisotopic (exact) mass is 262 g/mol. The van der Waals surface area contributed by atoms with Crippen molar-refractivity contribution in [2.75, 3.05) is 5.32 Å². The fourth-order valence-corrected chi connectivity index (χ4v) is 3.42. The molecule has 0 spiro atoms. The van der Waals surface area contributed by atoms with E-state index < -0.39 is 0 Å². The SMILES string of the molecule is CCn1cc(NC(=O)CC2CC3CCC(C2)N3)cn1. The number of nitrogens with one attached hydrogen (secondary N) is 2. The normalized spacial score (nSPS) is 29.4. The van der Waals surface area contributed by atoms with Crippen molar-refractivity contribution in [2.24, 2.45) is 5.92 Å². The Kier molecular flexibility index (Phi) is 3.55. The van der Waals surface area contributed by atoms with Crippen LogP contribution < -0.4 is 10.6 Å². The molecule has 19 heavy (non-hydrogen) atoms. The molecule has 5 nitrogen and oxygen atoms in total. The Morgan fingerprint density at radius 2 is 2.21 bits per heavy atom. The third-order valence-electron chi connectivity index (χ3n) is 4.29. The highest BCUT2D eigenvalue weighted by Crippen LogP contribution is 2.32. The number of fused-ring (bicyclic) bond motifs is 2. The average Bonchev–Trinajstić information content (AvgIpc) is 2.96. The standard InChI is InChI=1S/C14H22N4O/c1-2-18-9-13(8-15-18)17-14(19)7-10-5-11-3-4-12(6-10)16-11/h8-12,16H,2-7H2,1H3,(H,17,19). The van der Waals surface area contributed by atoms with Crippen LogP contribution in [0.3, 0.4) is 0 Å². The third kappa shape index (κ3) is 2.97. The van der Waals surface area contributed by atoms with E-state index in [0.717, 1.165) is 25.1 Å². The number of carbonyl (C=O) groups is 1. The van der Waals surface area contributed by atoms with Crippen LogP contribution in [0.5, 0.6) is 0 Å². The summed E-state index contributed by atoms with van der Waals surface area (Å²) in [6, 6.07) is 1.30. The second-order valence-corrected chi connectivity index (χ2v) is 5.81. The molecule has 2 aliphatic rings. The molecule has 2 saturated heterocycles. The fraction of sp³-hybridized carbons (Fsp3) is 0.714. The molecule has 2 atom stereocenters. The molecule has 2 bridgehead atoms. The summed E-state index contributed by atoms with van der Waals surface area (Å²) in [7, 11) is 0. The van der Waals surface area contributed by atoms with Crippen molar-refractivity contribution in [3.63, 3.8) is 0 Å². The Labute approximate surface area is 113 Å². The van der Waals surface area contributed by atoms with Gasteiger partial charge in [0.1, 0.15) is 0 Å². The molecule has 2 N–H and O–H groups in total. The molecule has 3 heterocycles. The maximum absolute atomic E-state index is 12.0. The number of aryl methyl sites for hydroxylation is 1. The summed E-state index contributed by atoms with van der Waals surface area (Å²) in [6.07, 6.45) is 9.11. The van der Waals surface area contributed by atoms with Crippen LogP contribution in [-0.4, -0.2) is 27.8 Å². The molecule has 5 heteroatoms. The first kappa shape index (κ1) is 12.7. The molecule has 0 radical (unpaired) electrons. The van der Waals surface area contributed by atoms with Gasteiger partial charge in [-0.05, 0) is 38.5 Å². The maximum Gasteiger partial charge on any atom is 0.224 e. The summed E-state index contributed by atoms with van der Waals surface area (Å²) >= 11 is 0. The molecule has 2 aliphatic heterocycles. The van der Waals surface area contributed by atoms with Crippen molar-refractivity contribution < 1.29 is 4.79 Å². The van der Waals surface area contributed by atoms with Crippen LogP contribution >= 0.6 is 0 Å². The Hall–Kier alpha value is -1.36. The summed E-state index contributed by atoms with van der Waals surface area (Å²) in [5.41, 5.74) is 0.809. The molecule has 0 aromatic carbocycles. The minimum Gasteiger partial charge on any atom is -0.323 e. The zero-order valence-corrected chi connectivity index (χ0v) is 11.4. The van der Waals surface area contributed by atoms with Gasteiger partial charge in [0.05, 0.1) is 11.9 Å². The lowest BCUT2D eigenvalue weighted by Crippen LogP contribution is -2.39. The van der Waals surface area contributed by atoms with Crippen molar-refractivity contribution in [3.05, 3.63) is 12.4 Å². The molecule has 2 fully saturated rings. The molecule has 1 aromatic heterocycles. The van der Waals surface area contributed by atoms with Gasteiger partial charge in [-0.2, -0.15) is 5.10 Å².